The average molecular weight is 387 g/mol. The van der Waals surface area contributed by atoms with Crippen molar-refractivity contribution in [3.05, 3.63) is 59.1 Å². The summed E-state index contributed by atoms with van der Waals surface area (Å²) in [6, 6.07) is 14.2. The summed E-state index contributed by atoms with van der Waals surface area (Å²) in [6.45, 7) is 1.73. The van der Waals surface area contributed by atoms with Crippen LogP contribution < -0.4 is 10.2 Å². The molecule has 0 unspecified atom stereocenters. The van der Waals surface area contributed by atoms with E-state index in [1.807, 2.05) is 25.1 Å². The van der Waals surface area contributed by atoms with E-state index in [1.165, 1.54) is 4.90 Å². The number of amides is 2. The van der Waals surface area contributed by atoms with Crippen LogP contribution >= 0.6 is 11.6 Å². The lowest BCUT2D eigenvalue weighted by Crippen LogP contribution is -2.28. The predicted octanol–water partition coefficient (Wildman–Crippen LogP) is 3.18. The summed E-state index contributed by atoms with van der Waals surface area (Å²) in [5, 5.41) is 3.18. The number of halogens is 1. The van der Waals surface area contributed by atoms with Crippen molar-refractivity contribution in [3.63, 3.8) is 0 Å². The van der Waals surface area contributed by atoms with E-state index in [4.69, 9.17) is 16.3 Å². The van der Waals surface area contributed by atoms with Gasteiger partial charge in [-0.1, -0.05) is 29.8 Å². The number of benzene rings is 2. The lowest BCUT2D eigenvalue weighted by molar-refractivity contribution is -0.151. The summed E-state index contributed by atoms with van der Waals surface area (Å²) in [5.41, 5.74) is 2.29. The highest BCUT2D eigenvalue weighted by atomic mass is 35.5. The number of carbonyl (C=O) groups is 3. The van der Waals surface area contributed by atoms with Gasteiger partial charge in [0, 0.05) is 29.4 Å². The zero-order chi connectivity index (χ0) is 19.4. The minimum Gasteiger partial charge on any atom is -0.455 e. The summed E-state index contributed by atoms with van der Waals surface area (Å²) in [4.78, 5) is 37.9. The molecule has 0 spiro atoms. The molecular weight excluding hydrogens is 368 g/mol. The Hall–Kier alpha value is -2.86. The minimum absolute atomic E-state index is 0.0465. The van der Waals surface area contributed by atoms with Crippen LogP contribution in [0.3, 0.4) is 0 Å². The lowest BCUT2D eigenvalue weighted by atomic mass is 10.1. The van der Waals surface area contributed by atoms with Gasteiger partial charge in [0.25, 0.3) is 5.91 Å². The van der Waals surface area contributed by atoms with Crippen LogP contribution in [0, 0.1) is 12.8 Å². The number of hydrogen-bond donors (Lipinski definition) is 1. The Balaban J connectivity index is 1.52. The molecule has 3 rings (SSSR count). The number of nitrogens with zero attached hydrogens (tertiary/aromatic N) is 1. The maximum absolute atomic E-state index is 12.2. The Morgan fingerprint density at radius 1 is 1.22 bits per heavy atom. The van der Waals surface area contributed by atoms with E-state index in [1.54, 1.807) is 30.3 Å². The molecule has 0 bridgehead atoms. The molecule has 2 aromatic carbocycles. The molecular formula is C20H19ClN2O4. The summed E-state index contributed by atoms with van der Waals surface area (Å²) in [5.74, 6) is -1.77. The summed E-state index contributed by atoms with van der Waals surface area (Å²) >= 11 is 5.96. The predicted molar refractivity (Wildman–Crippen MR) is 103 cm³/mol. The molecule has 1 N–H and O–H groups in total. The first-order chi connectivity index (χ1) is 12.9. The van der Waals surface area contributed by atoms with Gasteiger partial charge in [0.1, 0.15) is 0 Å². The van der Waals surface area contributed by atoms with Crippen molar-refractivity contribution >= 4 is 40.8 Å². The monoisotopic (exact) mass is 386 g/mol. The zero-order valence-electron chi connectivity index (χ0n) is 14.8. The standard InChI is InChI=1S/C20H19ClN2O4/c1-13-4-2-6-16(8-13)22-18(24)12-27-20(26)14-9-19(25)23(11-14)17-7-3-5-15(21)10-17/h2-8,10,14H,9,11-12H2,1H3,(H,22,24)/t14-/m0/s1. The summed E-state index contributed by atoms with van der Waals surface area (Å²) in [7, 11) is 0. The van der Waals surface area contributed by atoms with Crippen molar-refractivity contribution in [2.24, 2.45) is 5.92 Å². The van der Waals surface area contributed by atoms with Crippen LogP contribution in [-0.4, -0.2) is 30.9 Å². The first-order valence-corrected chi connectivity index (χ1v) is 8.89. The van der Waals surface area contributed by atoms with E-state index in [0.29, 0.717) is 16.4 Å². The normalized spacial score (nSPS) is 16.3. The van der Waals surface area contributed by atoms with Gasteiger partial charge in [0.05, 0.1) is 5.92 Å². The van der Waals surface area contributed by atoms with Crippen LogP contribution in [0.5, 0.6) is 0 Å². The van der Waals surface area contributed by atoms with E-state index in [9.17, 15) is 14.4 Å². The van der Waals surface area contributed by atoms with Gasteiger partial charge in [-0.15, -0.1) is 0 Å². The van der Waals surface area contributed by atoms with E-state index in [0.717, 1.165) is 5.56 Å². The smallest absolute Gasteiger partial charge is 0.311 e. The molecule has 1 atom stereocenters. The van der Waals surface area contributed by atoms with E-state index in [-0.39, 0.29) is 18.9 Å². The Bertz CT molecular complexity index is 884. The zero-order valence-corrected chi connectivity index (χ0v) is 15.5. The third-order valence-electron chi connectivity index (χ3n) is 4.23. The van der Waals surface area contributed by atoms with Crippen molar-refractivity contribution in [3.8, 4) is 0 Å². The average Bonchev–Trinajstić information content (AvgIpc) is 3.01. The third-order valence-corrected chi connectivity index (χ3v) is 4.46. The summed E-state index contributed by atoms with van der Waals surface area (Å²) in [6.07, 6.45) is 0.0465. The minimum atomic E-state index is -0.608. The second-order valence-corrected chi connectivity index (χ2v) is 6.85. The van der Waals surface area contributed by atoms with Crippen LogP contribution in [0.25, 0.3) is 0 Å². The molecule has 1 heterocycles. The van der Waals surface area contributed by atoms with E-state index >= 15 is 0 Å². The van der Waals surface area contributed by atoms with Crippen LogP contribution in [0.2, 0.25) is 5.02 Å². The highest BCUT2D eigenvalue weighted by Gasteiger charge is 2.36. The SMILES string of the molecule is Cc1cccc(NC(=O)COC(=O)[C@H]2CC(=O)N(c3cccc(Cl)c3)C2)c1. The Morgan fingerprint density at radius 2 is 2.00 bits per heavy atom. The van der Waals surface area contributed by atoms with Crippen LogP contribution in [0.1, 0.15) is 12.0 Å². The van der Waals surface area contributed by atoms with E-state index < -0.39 is 24.4 Å². The quantitative estimate of drug-likeness (QED) is 0.801. The van der Waals surface area contributed by atoms with Gasteiger partial charge in [-0.25, -0.2) is 0 Å². The molecule has 2 aromatic rings. The van der Waals surface area contributed by atoms with Gasteiger partial charge in [-0.2, -0.15) is 0 Å². The second kappa shape index (κ2) is 8.22. The Kier molecular flexibility index (Phi) is 5.76. The molecule has 7 heteroatoms. The van der Waals surface area contributed by atoms with Gasteiger partial charge >= 0.3 is 5.97 Å². The molecule has 0 radical (unpaired) electrons. The number of esters is 1. The van der Waals surface area contributed by atoms with Crippen LogP contribution in [0.4, 0.5) is 11.4 Å². The van der Waals surface area contributed by atoms with Gasteiger partial charge in [0.15, 0.2) is 6.61 Å². The maximum Gasteiger partial charge on any atom is 0.311 e. The molecule has 0 aliphatic carbocycles. The Labute approximate surface area is 162 Å². The molecule has 6 nitrogen and oxygen atoms in total. The maximum atomic E-state index is 12.2. The van der Waals surface area contributed by atoms with Crippen molar-refractivity contribution in [2.75, 3.05) is 23.4 Å². The number of rotatable bonds is 5. The fourth-order valence-electron chi connectivity index (χ4n) is 2.93. The highest BCUT2D eigenvalue weighted by molar-refractivity contribution is 6.31. The summed E-state index contributed by atoms with van der Waals surface area (Å²) < 4.78 is 5.09. The molecule has 140 valence electrons. The number of nitrogens with one attached hydrogen (secondary N) is 1. The van der Waals surface area contributed by atoms with Crippen molar-refractivity contribution in [1.29, 1.82) is 0 Å². The molecule has 1 aliphatic heterocycles. The first-order valence-electron chi connectivity index (χ1n) is 8.51. The van der Waals surface area contributed by atoms with Gasteiger partial charge in [-0.05, 0) is 42.8 Å². The molecule has 1 saturated heterocycles. The largest absolute Gasteiger partial charge is 0.455 e. The molecule has 27 heavy (non-hydrogen) atoms. The van der Waals surface area contributed by atoms with Crippen molar-refractivity contribution in [1.82, 2.24) is 0 Å². The topological polar surface area (TPSA) is 75.7 Å². The second-order valence-electron chi connectivity index (χ2n) is 6.41. The number of ether oxygens (including phenoxy) is 1. The van der Waals surface area contributed by atoms with Gasteiger partial charge in [0.2, 0.25) is 5.91 Å². The van der Waals surface area contributed by atoms with Gasteiger partial charge in [-0.3, -0.25) is 14.4 Å². The molecule has 1 fully saturated rings. The van der Waals surface area contributed by atoms with Crippen molar-refractivity contribution < 1.29 is 19.1 Å². The fourth-order valence-corrected chi connectivity index (χ4v) is 3.12. The molecule has 1 aliphatic rings. The fraction of sp³-hybridized carbons (Fsp3) is 0.250. The third kappa shape index (κ3) is 4.86. The number of anilines is 2. The lowest BCUT2D eigenvalue weighted by Gasteiger charge is -2.16. The molecule has 2 amide bonds. The number of aryl methyl sites for hydroxylation is 1. The van der Waals surface area contributed by atoms with Crippen molar-refractivity contribution in [2.45, 2.75) is 13.3 Å². The van der Waals surface area contributed by atoms with Crippen LogP contribution in [-0.2, 0) is 19.1 Å². The van der Waals surface area contributed by atoms with Gasteiger partial charge < -0.3 is 15.0 Å². The first kappa shape index (κ1) is 18.9. The van der Waals surface area contributed by atoms with E-state index in [2.05, 4.69) is 5.32 Å². The van der Waals surface area contributed by atoms with Crippen LogP contribution in [0.15, 0.2) is 48.5 Å². The number of hydrogen-bond acceptors (Lipinski definition) is 4. The number of carbonyl (C=O) groups excluding carboxylic acids is 3. The molecule has 0 aromatic heterocycles. The highest BCUT2D eigenvalue weighted by Crippen LogP contribution is 2.27. The molecule has 0 saturated carbocycles. The Morgan fingerprint density at radius 3 is 2.74 bits per heavy atom.